The quantitative estimate of drug-likeness (QED) is 0.453. The Labute approximate surface area is 169 Å². The van der Waals surface area contributed by atoms with Crippen molar-refractivity contribution in [2.75, 3.05) is 0 Å². The van der Waals surface area contributed by atoms with Gasteiger partial charge in [-0.15, -0.1) is 0 Å². The molecular weight excluding hydrogens is 429 g/mol. The van der Waals surface area contributed by atoms with Crippen LogP contribution in [-0.2, 0) is 26.8 Å². The summed E-state index contributed by atoms with van der Waals surface area (Å²) in [7, 11) is 2.78. The van der Waals surface area contributed by atoms with Crippen molar-refractivity contribution in [3.63, 3.8) is 0 Å². The van der Waals surface area contributed by atoms with E-state index < -0.39 is 23.0 Å². The highest BCUT2D eigenvalue weighted by Gasteiger charge is 2.30. The number of aryl methyl sites for hydroxylation is 1. The Kier molecular flexibility index (Phi) is 4.53. The number of aromatic nitrogens is 6. The minimum Gasteiger partial charge on any atom is -0.337 e. The van der Waals surface area contributed by atoms with Crippen LogP contribution in [0.1, 0.15) is 11.5 Å². The standard InChI is InChI=1S/C17H12ClF3N6O3/c1-25-13-11(14(28)26(2)16(25)29)27(15(18)23-13)7-10-22-12(24-30-10)8-3-5-9(6-4-8)17(19,20)21/h3-6H,7H2,1-2H3. The molecule has 0 aliphatic rings. The Bertz CT molecular complexity index is 1380. The smallest absolute Gasteiger partial charge is 0.337 e. The van der Waals surface area contributed by atoms with Crippen molar-refractivity contribution in [2.45, 2.75) is 12.7 Å². The van der Waals surface area contributed by atoms with Crippen LogP contribution in [0.2, 0.25) is 5.28 Å². The highest BCUT2D eigenvalue weighted by molar-refractivity contribution is 6.29. The van der Waals surface area contributed by atoms with Crippen LogP contribution in [-0.4, -0.2) is 28.8 Å². The molecule has 0 bridgehead atoms. The minimum atomic E-state index is -4.45. The number of hydrogen-bond acceptors (Lipinski definition) is 6. The highest BCUT2D eigenvalue weighted by atomic mass is 35.5. The van der Waals surface area contributed by atoms with Crippen LogP contribution in [0.15, 0.2) is 38.4 Å². The van der Waals surface area contributed by atoms with Gasteiger partial charge in [0.25, 0.3) is 5.56 Å². The maximum atomic E-state index is 12.7. The van der Waals surface area contributed by atoms with Gasteiger partial charge in [0.2, 0.25) is 17.0 Å². The lowest BCUT2D eigenvalue weighted by Crippen LogP contribution is -2.37. The predicted octanol–water partition coefficient (Wildman–Crippen LogP) is 2.20. The molecule has 0 amide bonds. The molecule has 0 aliphatic heterocycles. The van der Waals surface area contributed by atoms with Crippen LogP contribution in [0.4, 0.5) is 13.2 Å². The second-order valence-electron chi connectivity index (χ2n) is 6.43. The summed E-state index contributed by atoms with van der Waals surface area (Å²) in [4.78, 5) is 32.8. The monoisotopic (exact) mass is 440 g/mol. The molecular formula is C17H12ClF3N6O3. The van der Waals surface area contributed by atoms with Crippen molar-refractivity contribution in [1.29, 1.82) is 0 Å². The lowest BCUT2D eigenvalue weighted by Gasteiger charge is -2.06. The lowest BCUT2D eigenvalue weighted by atomic mass is 10.1. The first-order chi connectivity index (χ1) is 14.1. The van der Waals surface area contributed by atoms with Crippen LogP contribution in [0.3, 0.4) is 0 Å². The molecule has 0 aliphatic carbocycles. The zero-order valence-electron chi connectivity index (χ0n) is 15.4. The van der Waals surface area contributed by atoms with E-state index in [-0.39, 0.29) is 34.7 Å². The minimum absolute atomic E-state index is 0.0435. The van der Waals surface area contributed by atoms with E-state index >= 15 is 0 Å². The molecule has 4 rings (SSSR count). The molecule has 156 valence electrons. The van der Waals surface area contributed by atoms with Crippen molar-refractivity contribution in [2.24, 2.45) is 14.1 Å². The van der Waals surface area contributed by atoms with E-state index in [2.05, 4.69) is 15.1 Å². The van der Waals surface area contributed by atoms with E-state index in [0.29, 0.717) is 5.56 Å². The average Bonchev–Trinajstić information content (AvgIpc) is 3.30. The molecule has 1 aromatic carbocycles. The SMILES string of the molecule is Cn1c(=O)c2c(nc(Cl)n2Cc2nc(-c3ccc(C(F)(F)F)cc3)no2)n(C)c1=O. The lowest BCUT2D eigenvalue weighted by molar-refractivity contribution is -0.137. The summed E-state index contributed by atoms with van der Waals surface area (Å²) in [6, 6.07) is 4.27. The number of imidazole rings is 1. The second-order valence-corrected chi connectivity index (χ2v) is 6.77. The molecule has 0 unspecified atom stereocenters. The summed E-state index contributed by atoms with van der Waals surface area (Å²) < 4.78 is 46.6. The van der Waals surface area contributed by atoms with Gasteiger partial charge >= 0.3 is 11.9 Å². The van der Waals surface area contributed by atoms with Crippen LogP contribution in [0, 0.1) is 0 Å². The maximum Gasteiger partial charge on any atom is 0.416 e. The maximum absolute atomic E-state index is 12.7. The van der Waals surface area contributed by atoms with Crippen molar-refractivity contribution in [1.82, 2.24) is 28.8 Å². The highest BCUT2D eigenvalue weighted by Crippen LogP contribution is 2.30. The van der Waals surface area contributed by atoms with E-state index in [0.717, 1.165) is 16.7 Å². The summed E-state index contributed by atoms with van der Waals surface area (Å²) in [5.74, 6) is 0.113. The molecule has 0 atom stereocenters. The second kappa shape index (κ2) is 6.83. The van der Waals surface area contributed by atoms with Gasteiger partial charge in [0.05, 0.1) is 5.56 Å². The van der Waals surface area contributed by atoms with Crippen LogP contribution in [0.25, 0.3) is 22.6 Å². The molecule has 0 radical (unpaired) electrons. The number of rotatable bonds is 3. The zero-order valence-corrected chi connectivity index (χ0v) is 16.2. The Morgan fingerprint density at radius 2 is 1.73 bits per heavy atom. The molecule has 0 saturated carbocycles. The Morgan fingerprint density at radius 1 is 1.07 bits per heavy atom. The first-order valence-electron chi connectivity index (χ1n) is 8.40. The molecule has 3 heterocycles. The molecule has 0 fully saturated rings. The van der Waals surface area contributed by atoms with E-state index in [9.17, 15) is 22.8 Å². The van der Waals surface area contributed by atoms with E-state index in [1.54, 1.807) is 0 Å². The summed E-state index contributed by atoms with van der Waals surface area (Å²) in [6.45, 7) is -0.129. The first kappa shape index (κ1) is 19.9. The molecule has 0 saturated heterocycles. The number of hydrogen-bond donors (Lipinski definition) is 0. The molecule has 3 aromatic heterocycles. The van der Waals surface area contributed by atoms with Gasteiger partial charge in [-0.05, 0) is 23.7 Å². The Morgan fingerprint density at radius 3 is 2.37 bits per heavy atom. The third-order valence-electron chi connectivity index (χ3n) is 4.53. The van der Waals surface area contributed by atoms with Crippen molar-refractivity contribution < 1.29 is 17.7 Å². The fraction of sp³-hybridized carbons (Fsp3) is 0.235. The van der Waals surface area contributed by atoms with Crippen LogP contribution >= 0.6 is 11.6 Å². The Balaban J connectivity index is 1.71. The van der Waals surface area contributed by atoms with Crippen molar-refractivity contribution in [3.8, 4) is 11.4 Å². The number of nitrogens with zero attached hydrogens (tertiary/aromatic N) is 6. The first-order valence-corrected chi connectivity index (χ1v) is 8.77. The van der Waals surface area contributed by atoms with E-state index in [1.165, 1.54) is 35.4 Å². The topological polar surface area (TPSA) is 101 Å². The van der Waals surface area contributed by atoms with Gasteiger partial charge in [-0.25, -0.2) is 4.79 Å². The van der Waals surface area contributed by atoms with Crippen LogP contribution in [0.5, 0.6) is 0 Å². The third kappa shape index (κ3) is 3.18. The fourth-order valence-corrected chi connectivity index (χ4v) is 3.17. The van der Waals surface area contributed by atoms with Gasteiger partial charge in [-0.1, -0.05) is 17.3 Å². The summed E-state index contributed by atoms with van der Waals surface area (Å²) in [6.07, 6.45) is -4.45. The third-order valence-corrected chi connectivity index (χ3v) is 4.82. The summed E-state index contributed by atoms with van der Waals surface area (Å²) in [5.41, 5.74) is -1.48. The molecule has 30 heavy (non-hydrogen) atoms. The largest absolute Gasteiger partial charge is 0.416 e. The van der Waals surface area contributed by atoms with Gasteiger partial charge in [0, 0.05) is 19.7 Å². The van der Waals surface area contributed by atoms with Gasteiger partial charge < -0.3 is 4.52 Å². The van der Waals surface area contributed by atoms with Gasteiger partial charge in [0.1, 0.15) is 6.54 Å². The molecule has 0 N–H and O–H groups in total. The van der Waals surface area contributed by atoms with Crippen molar-refractivity contribution >= 4 is 22.8 Å². The molecule has 0 spiro atoms. The molecule has 13 heteroatoms. The normalized spacial score (nSPS) is 12.1. The predicted molar refractivity (Wildman–Crippen MR) is 99.1 cm³/mol. The zero-order chi connectivity index (χ0) is 21.8. The van der Waals surface area contributed by atoms with Crippen LogP contribution < -0.4 is 11.2 Å². The van der Waals surface area contributed by atoms with Crippen molar-refractivity contribution in [3.05, 3.63) is 61.8 Å². The summed E-state index contributed by atoms with van der Waals surface area (Å²) >= 11 is 6.14. The van der Waals surface area contributed by atoms with E-state index in [1.807, 2.05) is 0 Å². The fourth-order valence-electron chi connectivity index (χ4n) is 2.94. The molecule has 9 nitrogen and oxygen atoms in total. The average molecular weight is 441 g/mol. The summed E-state index contributed by atoms with van der Waals surface area (Å²) in [5, 5.41) is 3.69. The van der Waals surface area contributed by atoms with E-state index in [4.69, 9.17) is 16.1 Å². The Hall–Kier alpha value is -3.41. The van der Waals surface area contributed by atoms with Gasteiger partial charge in [-0.3, -0.25) is 18.5 Å². The van der Waals surface area contributed by atoms with Gasteiger partial charge in [-0.2, -0.15) is 23.1 Å². The number of alkyl halides is 3. The number of halogens is 4. The van der Waals surface area contributed by atoms with Gasteiger partial charge in [0.15, 0.2) is 11.2 Å². The molecule has 4 aromatic rings. The number of fused-ring (bicyclic) bond motifs is 1. The number of benzene rings is 1.